The molecule has 1 amide bonds. The van der Waals surface area contributed by atoms with Gasteiger partial charge in [-0.05, 0) is 73.2 Å². The van der Waals surface area contributed by atoms with Crippen molar-refractivity contribution in [3.05, 3.63) is 88.7 Å². The number of hydrogen-bond donors (Lipinski definition) is 3. The first kappa shape index (κ1) is 21.8. The molecule has 0 spiro atoms. The van der Waals surface area contributed by atoms with Crippen LogP contribution in [0.2, 0.25) is 0 Å². The summed E-state index contributed by atoms with van der Waals surface area (Å²) in [5.74, 6) is -1.60. The van der Waals surface area contributed by atoms with E-state index < -0.39 is 23.5 Å². The molecular weight excluding hydrogens is 414 g/mol. The van der Waals surface area contributed by atoms with Crippen LogP contribution in [0.4, 0.5) is 23.2 Å². The number of ether oxygens (including phenoxy) is 1. The molecule has 0 bridgehead atoms. The minimum atomic E-state index is -4.65. The van der Waals surface area contributed by atoms with Crippen molar-refractivity contribution < 1.29 is 27.1 Å². The molecule has 31 heavy (non-hydrogen) atoms. The molecule has 0 aliphatic carbocycles. The van der Waals surface area contributed by atoms with E-state index in [-0.39, 0.29) is 22.9 Å². The second-order valence-electron chi connectivity index (χ2n) is 6.67. The Morgan fingerprint density at radius 2 is 1.68 bits per heavy atom. The number of alkyl halides is 3. The van der Waals surface area contributed by atoms with Crippen LogP contribution in [0.25, 0.3) is 0 Å². The maximum absolute atomic E-state index is 13.3. The summed E-state index contributed by atoms with van der Waals surface area (Å²) in [4.78, 5) is 12.7. The number of anilines is 1. The fourth-order valence-corrected chi connectivity index (χ4v) is 2.75. The van der Waals surface area contributed by atoms with Crippen molar-refractivity contribution in [3.63, 3.8) is 0 Å². The number of amides is 1. The summed E-state index contributed by atoms with van der Waals surface area (Å²) in [7, 11) is 0. The number of rotatable bonds is 5. The standard InChI is InChI=1S/C22H17F4N3O2/c1-12-10-15(23)5-9-18(12)31-19-11-14(22(24,25)26)4-8-17(19)21(30)29-16-6-2-13(3-7-16)20(27)28/h2-11H,1H3,(H3,27,28)(H,29,30). The normalized spacial score (nSPS) is 11.1. The summed E-state index contributed by atoms with van der Waals surface area (Å²) in [6.07, 6.45) is -4.65. The third-order valence-electron chi connectivity index (χ3n) is 4.36. The SMILES string of the molecule is Cc1cc(F)ccc1Oc1cc(C(F)(F)F)ccc1C(=O)Nc1ccc(C(=N)N)cc1. The lowest BCUT2D eigenvalue weighted by Crippen LogP contribution is -2.15. The average molecular weight is 431 g/mol. The van der Waals surface area contributed by atoms with Crippen molar-refractivity contribution in [3.8, 4) is 11.5 Å². The molecule has 5 nitrogen and oxygen atoms in total. The first-order valence-electron chi connectivity index (χ1n) is 8.95. The topological polar surface area (TPSA) is 88.2 Å². The van der Waals surface area contributed by atoms with Gasteiger partial charge in [0.15, 0.2) is 0 Å². The smallest absolute Gasteiger partial charge is 0.416 e. The second kappa shape index (κ2) is 8.47. The number of halogens is 4. The maximum atomic E-state index is 13.3. The van der Waals surface area contributed by atoms with E-state index in [1.807, 2.05) is 0 Å². The fourth-order valence-electron chi connectivity index (χ4n) is 2.75. The Labute approximate surface area is 175 Å². The van der Waals surface area contributed by atoms with Gasteiger partial charge < -0.3 is 15.8 Å². The molecule has 0 heterocycles. The number of carbonyl (C=O) groups excluding carboxylic acids is 1. The lowest BCUT2D eigenvalue weighted by Gasteiger charge is -2.16. The van der Waals surface area contributed by atoms with Gasteiger partial charge >= 0.3 is 6.18 Å². The van der Waals surface area contributed by atoms with Crippen LogP contribution in [0, 0.1) is 18.2 Å². The van der Waals surface area contributed by atoms with Gasteiger partial charge in [-0.15, -0.1) is 0 Å². The molecule has 0 unspecified atom stereocenters. The van der Waals surface area contributed by atoms with Gasteiger partial charge in [-0.1, -0.05) is 0 Å². The predicted octanol–water partition coefficient (Wildman–Crippen LogP) is 5.48. The minimum Gasteiger partial charge on any atom is -0.456 e. The number of carbonyl (C=O) groups is 1. The Hall–Kier alpha value is -3.88. The van der Waals surface area contributed by atoms with E-state index in [0.717, 1.165) is 24.3 Å². The molecule has 3 aromatic rings. The molecule has 160 valence electrons. The summed E-state index contributed by atoms with van der Waals surface area (Å²) in [5.41, 5.74) is 5.39. The van der Waals surface area contributed by atoms with E-state index in [0.29, 0.717) is 16.8 Å². The fraction of sp³-hybridized carbons (Fsp3) is 0.0909. The number of amidine groups is 1. The highest BCUT2D eigenvalue weighted by Crippen LogP contribution is 2.36. The Kier molecular flexibility index (Phi) is 5.96. The Morgan fingerprint density at radius 1 is 1.00 bits per heavy atom. The summed E-state index contributed by atoms with van der Waals surface area (Å²) in [6.45, 7) is 1.53. The molecule has 0 saturated heterocycles. The van der Waals surface area contributed by atoms with Gasteiger partial charge in [-0.25, -0.2) is 4.39 Å². The number of nitrogens with two attached hydrogens (primary N) is 1. The number of benzene rings is 3. The third kappa shape index (κ3) is 5.19. The van der Waals surface area contributed by atoms with Crippen LogP contribution < -0.4 is 15.8 Å². The molecule has 0 aliphatic rings. The third-order valence-corrected chi connectivity index (χ3v) is 4.36. The van der Waals surface area contributed by atoms with Crippen molar-refractivity contribution in [2.45, 2.75) is 13.1 Å². The zero-order chi connectivity index (χ0) is 22.8. The lowest BCUT2D eigenvalue weighted by atomic mass is 10.1. The number of hydrogen-bond acceptors (Lipinski definition) is 3. The summed E-state index contributed by atoms with van der Waals surface area (Å²) in [5, 5.41) is 9.94. The molecule has 3 aromatic carbocycles. The van der Waals surface area contributed by atoms with Crippen LogP contribution in [0.15, 0.2) is 60.7 Å². The highest BCUT2D eigenvalue weighted by atomic mass is 19.4. The Bertz CT molecular complexity index is 1140. The average Bonchev–Trinajstić information content (AvgIpc) is 2.69. The highest BCUT2D eigenvalue weighted by Gasteiger charge is 2.32. The molecule has 4 N–H and O–H groups in total. The maximum Gasteiger partial charge on any atom is 0.416 e. The van der Waals surface area contributed by atoms with E-state index in [1.165, 1.54) is 43.3 Å². The number of nitrogen functional groups attached to an aromatic ring is 1. The van der Waals surface area contributed by atoms with Gasteiger partial charge in [0.05, 0.1) is 11.1 Å². The molecule has 0 fully saturated rings. The second-order valence-corrected chi connectivity index (χ2v) is 6.67. The van der Waals surface area contributed by atoms with Gasteiger partial charge in [0.25, 0.3) is 5.91 Å². The molecule has 9 heteroatoms. The Balaban J connectivity index is 1.95. The van der Waals surface area contributed by atoms with Gasteiger partial charge in [-0.3, -0.25) is 10.2 Å². The molecule has 0 aliphatic heterocycles. The summed E-state index contributed by atoms with van der Waals surface area (Å²) >= 11 is 0. The van der Waals surface area contributed by atoms with E-state index in [2.05, 4.69) is 5.32 Å². The van der Waals surface area contributed by atoms with Gasteiger partial charge in [-0.2, -0.15) is 13.2 Å². The lowest BCUT2D eigenvalue weighted by molar-refractivity contribution is -0.137. The van der Waals surface area contributed by atoms with Crippen molar-refractivity contribution >= 4 is 17.4 Å². The molecule has 0 aromatic heterocycles. The van der Waals surface area contributed by atoms with Gasteiger partial charge in [0, 0.05) is 11.3 Å². The molecule has 0 atom stereocenters. The van der Waals surface area contributed by atoms with E-state index in [1.54, 1.807) is 0 Å². The molecule has 3 rings (SSSR count). The van der Waals surface area contributed by atoms with Crippen molar-refractivity contribution in [1.82, 2.24) is 0 Å². The van der Waals surface area contributed by atoms with Crippen LogP contribution >= 0.6 is 0 Å². The Morgan fingerprint density at radius 3 is 2.26 bits per heavy atom. The monoisotopic (exact) mass is 431 g/mol. The van der Waals surface area contributed by atoms with Gasteiger partial charge in [0.1, 0.15) is 23.2 Å². The van der Waals surface area contributed by atoms with Crippen LogP contribution in [-0.2, 0) is 6.18 Å². The highest BCUT2D eigenvalue weighted by molar-refractivity contribution is 6.06. The van der Waals surface area contributed by atoms with Crippen LogP contribution in [0.5, 0.6) is 11.5 Å². The summed E-state index contributed by atoms with van der Waals surface area (Å²) in [6, 6.07) is 12.1. The van der Waals surface area contributed by atoms with Crippen molar-refractivity contribution in [2.75, 3.05) is 5.32 Å². The molecule has 0 radical (unpaired) electrons. The quantitative estimate of drug-likeness (QED) is 0.284. The first-order chi connectivity index (χ1) is 14.5. The van der Waals surface area contributed by atoms with Crippen LogP contribution in [-0.4, -0.2) is 11.7 Å². The van der Waals surface area contributed by atoms with Crippen molar-refractivity contribution in [1.29, 1.82) is 5.41 Å². The predicted molar refractivity (Wildman–Crippen MR) is 108 cm³/mol. The zero-order valence-electron chi connectivity index (χ0n) is 16.2. The molecule has 0 saturated carbocycles. The first-order valence-corrected chi connectivity index (χ1v) is 8.95. The van der Waals surface area contributed by atoms with E-state index >= 15 is 0 Å². The van der Waals surface area contributed by atoms with Crippen LogP contribution in [0.3, 0.4) is 0 Å². The largest absolute Gasteiger partial charge is 0.456 e. The van der Waals surface area contributed by atoms with E-state index in [4.69, 9.17) is 15.9 Å². The van der Waals surface area contributed by atoms with Crippen LogP contribution in [0.1, 0.15) is 27.0 Å². The van der Waals surface area contributed by atoms with E-state index in [9.17, 15) is 22.4 Å². The minimum absolute atomic E-state index is 0.112. The summed E-state index contributed by atoms with van der Waals surface area (Å²) < 4.78 is 58.5. The van der Waals surface area contributed by atoms with Crippen molar-refractivity contribution in [2.24, 2.45) is 5.73 Å². The zero-order valence-corrected chi connectivity index (χ0v) is 16.2. The van der Waals surface area contributed by atoms with Gasteiger partial charge in [0.2, 0.25) is 0 Å². The number of aryl methyl sites for hydroxylation is 1. The molecular formula is C22H17F4N3O2. The number of nitrogens with one attached hydrogen (secondary N) is 2.